The van der Waals surface area contributed by atoms with Crippen LogP contribution in [-0.2, 0) is 16.0 Å². The molecule has 0 heterocycles. The lowest BCUT2D eigenvalue weighted by Crippen LogP contribution is -2.07. The molecule has 0 saturated heterocycles. The van der Waals surface area contributed by atoms with Gasteiger partial charge in [-0.25, -0.2) is 0 Å². The fourth-order valence-corrected chi connectivity index (χ4v) is 1.76. The molecule has 0 aliphatic rings. The molecule has 1 rings (SSSR count). The number of hydrogen-bond donors (Lipinski definition) is 0. The summed E-state index contributed by atoms with van der Waals surface area (Å²) in [6.07, 6.45) is 4.32. The third-order valence-corrected chi connectivity index (χ3v) is 2.58. The molecular formula is C15H20O4. The van der Waals surface area contributed by atoms with Gasteiger partial charge in [0, 0.05) is 13.8 Å². The molecule has 19 heavy (non-hydrogen) atoms. The highest BCUT2D eigenvalue weighted by molar-refractivity contribution is 5.73. The number of rotatable bonds is 6. The number of aryl methyl sites for hydroxylation is 1. The first-order valence-corrected chi connectivity index (χ1v) is 6.52. The van der Waals surface area contributed by atoms with E-state index in [2.05, 4.69) is 6.92 Å². The fraction of sp³-hybridized carbons (Fsp3) is 0.467. The van der Waals surface area contributed by atoms with Gasteiger partial charge in [-0.1, -0.05) is 25.8 Å². The standard InChI is InChI=1S/C15H20O4/c1-4-5-6-7-13-8-9-14(18-11(2)16)15(10-13)19-12(3)17/h8-10H,4-7H2,1-3H3. The maximum absolute atomic E-state index is 11.1. The second-order valence-corrected chi connectivity index (χ2v) is 4.43. The molecule has 1 aromatic rings. The lowest BCUT2D eigenvalue weighted by Gasteiger charge is -2.10. The van der Waals surface area contributed by atoms with Crippen LogP contribution in [0.1, 0.15) is 45.6 Å². The molecule has 0 aromatic heterocycles. The zero-order valence-electron chi connectivity index (χ0n) is 11.7. The Kier molecular flexibility index (Phi) is 6.06. The van der Waals surface area contributed by atoms with Gasteiger partial charge in [-0.2, -0.15) is 0 Å². The molecule has 0 amide bonds. The van der Waals surface area contributed by atoms with Gasteiger partial charge in [0.25, 0.3) is 0 Å². The molecule has 0 aliphatic heterocycles. The van der Waals surface area contributed by atoms with Gasteiger partial charge in [-0.05, 0) is 30.5 Å². The summed E-state index contributed by atoms with van der Waals surface area (Å²) < 4.78 is 10.1. The van der Waals surface area contributed by atoms with Gasteiger partial charge < -0.3 is 9.47 Å². The van der Waals surface area contributed by atoms with Gasteiger partial charge in [0.2, 0.25) is 0 Å². The number of unbranched alkanes of at least 4 members (excludes halogenated alkanes) is 2. The molecule has 4 heteroatoms. The zero-order chi connectivity index (χ0) is 14.3. The number of esters is 2. The predicted molar refractivity (Wildman–Crippen MR) is 72.3 cm³/mol. The Labute approximate surface area is 113 Å². The molecule has 0 radical (unpaired) electrons. The minimum absolute atomic E-state index is 0.280. The molecule has 0 spiro atoms. The second-order valence-electron chi connectivity index (χ2n) is 4.43. The van der Waals surface area contributed by atoms with E-state index in [-0.39, 0.29) is 5.75 Å². The molecule has 0 unspecified atom stereocenters. The Bertz CT molecular complexity index is 451. The Hall–Kier alpha value is -1.84. The third-order valence-electron chi connectivity index (χ3n) is 2.58. The SMILES string of the molecule is CCCCCc1ccc(OC(C)=O)c(OC(C)=O)c1. The van der Waals surface area contributed by atoms with Gasteiger partial charge in [0.05, 0.1) is 0 Å². The van der Waals surface area contributed by atoms with E-state index < -0.39 is 11.9 Å². The maximum Gasteiger partial charge on any atom is 0.308 e. The van der Waals surface area contributed by atoms with Crippen LogP contribution in [0.2, 0.25) is 0 Å². The largest absolute Gasteiger partial charge is 0.423 e. The minimum Gasteiger partial charge on any atom is -0.423 e. The van der Waals surface area contributed by atoms with Crippen molar-refractivity contribution in [1.82, 2.24) is 0 Å². The lowest BCUT2D eigenvalue weighted by atomic mass is 10.1. The van der Waals surface area contributed by atoms with Crippen molar-refractivity contribution in [3.63, 3.8) is 0 Å². The maximum atomic E-state index is 11.1. The van der Waals surface area contributed by atoms with Crippen LogP contribution in [0.3, 0.4) is 0 Å². The van der Waals surface area contributed by atoms with E-state index in [1.165, 1.54) is 13.8 Å². The van der Waals surface area contributed by atoms with Crippen LogP contribution < -0.4 is 9.47 Å². The molecule has 0 fully saturated rings. The summed E-state index contributed by atoms with van der Waals surface area (Å²) in [7, 11) is 0. The van der Waals surface area contributed by atoms with Crippen molar-refractivity contribution in [2.45, 2.75) is 46.5 Å². The normalized spacial score (nSPS) is 10.1. The summed E-state index contributed by atoms with van der Waals surface area (Å²) in [5.41, 5.74) is 1.07. The molecule has 0 aliphatic carbocycles. The molecule has 104 valence electrons. The van der Waals surface area contributed by atoms with Crippen LogP contribution in [0.5, 0.6) is 11.5 Å². The average Bonchev–Trinajstić information content (AvgIpc) is 2.31. The highest BCUT2D eigenvalue weighted by atomic mass is 16.6. The van der Waals surface area contributed by atoms with Crippen molar-refractivity contribution >= 4 is 11.9 Å². The first-order valence-electron chi connectivity index (χ1n) is 6.52. The highest BCUT2D eigenvalue weighted by Gasteiger charge is 2.11. The van der Waals surface area contributed by atoms with Gasteiger partial charge in [0.1, 0.15) is 0 Å². The van der Waals surface area contributed by atoms with Crippen LogP contribution in [0.15, 0.2) is 18.2 Å². The van der Waals surface area contributed by atoms with E-state index >= 15 is 0 Å². The van der Waals surface area contributed by atoms with E-state index in [0.717, 1.165) is 31.2 Å². The van der Waals surface area contributed by atoms with Gasteiger partial charge >= 0.3 is 11.9 Å². The summed E-state index contributed by atoms with van der Waals surface area (Å²) in [6, 6.07) is 5.32. The number of ether oxygens (including phenoxy) is 2. The zero-order valence-corrected chi connectivity index (χ0v) is 11.7. The summed E-state index contributed by atoms with van der Waals surface area (Å²) >= 11 is 0. The van der Waals surface area contributed by atoms with Crippen molar-refractivity contribution in [3.8, 4) is 11.5 Å². The lowest BCUT2D eigenvalue weighted by molar-refractivity contribution is -0.134. The fourth-order valence-electron chi connectivity index (χ4n) is 1.76. The van der Waals surface area contributed by atoms with Crippen LogP contribution in [0, 0.1) is 0 Å². The molecule has 1 aromatic carbocycles. The number of carbonyl (C=O) groups excluding carboxylic acids is 2. The Morgan fingerprint density at radius 2 is 1.63 bits per heavy atom. The van der Waals surface area contributed by atoms with Gasteiger partial charge in [-0.15, -0.1) is 0 Å². The average molecular weight is 264 g/mol. The molecule has 0 bridgehead atoms. The van der Waals surface area contributed by atoms with E-state index in [1.807, 2.05) is 6.07 Å². The quantitative estimate of drug-likeness (QED) is 0.449. The van der Waals surface area contributed by atoms with Crippen LogP contribution in [0.25, 0.3) is 0 Å². The number of carbonyl (C=O) groups is 2. The Morgan fingerprint density at radius 3 is 2.21 bits per heavy atom. The Balaban J connectivity index is 2.87. The third kappa shape index (κ3) is 5.55. The second kappa shape index (κ2) is 7.56. The van der Waals surface area contributed by atoms with Crippen molar-refractivity contribution < 1.29 is 19.1 Å². The monoisotopic (exact) mass is 264 g/mol. The van der Waals surface area contributed by atoms with Crippen LogP contribution >= 0.6 is 0 Å². The summed E-state index contributed by atoms with van der Waals surface area (Å²) in [4.78, 5) is 22.0. The van der Waals surface area contributed by atoms with E-state index in [9.17, 15) is 9.59 Å². The van der Waals surface area contributed by atoms with Gasteiger partial charge in [-0.3, -0.25) is 9.59 Å². The van der Waals surface area contributed by atoms with E-state index in [0.29, 0.717) is 5.75 Å². The number of benzene rings is 1. The van der Waals surface area contributed by atoms with Crippen LogP contribution in [0.4, 0.5) is 0 Å². The summed E-state index contributed by atoms with van der Waals surface area (Å²) in [5, 5.41) is 0. The Morgan fingerprint density at radius 1 is 1.00 bits per heavy atom. The first kappa shape index (κ1) is 15.2. The molecule has 0 N–H and O–H groups in total. The van der Waals surface area contributed by atoms with Crippen molar-refractivity contribution in [3.05, 3.63) is 23.8 Å². The molecular weight excluding hydrogens is 244 g/mol. The topological polar surface area (TPSA) is 52.6 Å². The van der Waals surface area contributed by atoms with Crippen molar-refractivity contribution in [1.29, 1.82) is 0 Å². The first-order chi connectivity index (χ1) is 9.02. The predicted octanol–water partition coefficient (Wildman–Crippen LogP) is 3.27. The van der Waals surface area contributed by atoms with E-state index in [1.54, 1.807) is 12.1 Å². The van der Waals surface area contributed by atoms with Crippen molar-refractivity contribution in [2.75, 3.05) is 0 Å². The highest BCUT2D eigenvalue weighted by Crippen LogP contribution is 2.29. The number of hydrogen-bond acceptors (Lipinski definition) is 4. The minimum atomic E-state index is -0.438. The van der Waals surface area contributed by atoms with Crippen molar-refractivity contribution in [2.24, 2.45) is 0 Å². The van der Waals surface area contributed by atoms with E-state index in [4.69, 9.17) is 9.47 Å². The molecule has 4 nitrogen and oxygen atoms in total. The summed E-state index contributed by atoms with van der Waals surface area (Å²) in [5.74, 6) is -0.287. The van der Waals surface area contributed by atoms with Crippen LogP contribution in [-0.4, -0.2) is 11.9 Å². The smallest absolute Gasteiger partial charge is 0.308 e. The molecule has 0 saturated carbocycles. The van der Waals surface area contributed by atoms with Gasteiger partial charge in [0.15, 0.2) is 11.5 Å². The summed E-state index contributed by atoms with van der Waals surface area (Å²) in [6.45, 7) is 4.78. The molecule has 0 atom stereocenters.